The first kappa shape index (κ1) is 18.3. The van der Waals surface area contributed by atoms with Crippen LogP contribution >= 0.6 is 0 Å². The number of hydrogen-bond acceptors (Lipinski definition) is 3. The molecule has 0 aliphatic carbocycles. The molecule has 0 rings (SSSR count). The SMILES string of the molecule is CN(C)C(=O)/C=C/CCCC(=O)O.CNC(N)=O. The number of primary amides is 1. The van der Waals surface area contributed by atoms with Gasteiger partial charge in [0.2, 0.25) is 5.91 Å². The molecule has 0 unspecified atom stereocenters. The van der Waals surface area contributed by atoms with Crippen LogP contribution in [0.4, 0.5) is 4.79 Å². The number of nitrogens with one attached hydrogen (secondary N) is 1. The van der Waals surface area contributed by atoms with Gasteiger partial charge < -0.3 is 21.1 Å². The van der Waals surface area contributed by atoms with Crippen molar-refractivity contribution in [3.05, 3.63) is 12.2 Å². The smallest absolute Gasteiger partial charge is 0.311 e. The van der Waals surface area contributed by atoms with Gasteiger partial charge in [-0.1, -0.05) is 6.08 Å². The van der Waals surface area contributed by atoms with Crippen LogP contribution in [0.5, 0.6) is 0 Å². The van der Waals surface area contributed by atoms with E-state index in [1.165, 1.54) is 18.0 Å². The molecule has 0 fully saturated rings. The van der Waals surface area contributed by atoms with Crippen molar-refractivity contribution in [3.63, 3.8) is 0 Å². The van der Waals surface area contributed by atoms with E-state index >= 15 is 0 Å². The molecule has 0 atom stereocenters. The summed E-state index contributed by atoms with van der Waals surface area (Å²) in [6, 6.07) is -0.495. The van der Waals surface area contributed by atoms with Crippen molar-refractivity contribution in [1.29, 1.82) is 0 Å². The predicted molar refractivity (Wildman–Crippen MR) is 68.0 cm³/mol. The molecule has 0 aromatic rings. The van der Waals surface area contributed by atoms with Crippen molar-refractivity contribution in [1.82, 2.24) is 10.2 Å². The maximum atomic E-state index is 11.0. The summed E-state index contributed by atoms with van der Waals surface area (Å²) in [5.41, 5.74) is 4.54. The van der Waals surface area contributed by atoms with Crippen molar-refractivity contribution in [2.45, 2.75) is 19.3 Å². The van der Waals surface area contributed by atoms with Gasteiger partial charge in [-0.3, -0.25) is 9.59 Å². The number of nitrogens with zero attached hydrogens (tertiary/aromatic N) is 1. The van der Waals surface area contributed by atoms with Crippen molar-refractivity contribution in [3.8, 4) is 0 Å². The van der Waals surface area contributed by atoms with Crippen LogP contribution in [-0.4, -0.2) is 49.1 Å². The van der Waals surface area contributed by atoms with Gasteiger partial charge >= 0.3 is 12.0 Å². The van der Waals surface area contributed by atoms with E-state index in [9.17, 15) is 14.4 Å². The van der Waals surface area contributed by atoms with Crippen molar-refractivity contribution < 1.29 is 19.5 Å². The summed E-state index contributed by atoms with van der Waals surface area (Å²) in [5.74, 6) is -0.873. The molecular weight excluding hydrogens is 238 g/mol. The van der Waals surface area contributed by atoms with E-state index in [0.29, 0.717) is 12.8 Å². The molecule has 0 saturated heterocycles. The molecule has 0 aromatic carbocycles. The number of hydrogen-bond donors (Lipinski definition) is 3. The molecule has 7 nitrogen and oxygen atoms in total. The van der Waals surface area contributed by atoms with Crippen LogP contribution in [0, 0.1) is 0 Å². The van der Waals surface area contributed by atoms with Crippen LogP contribution in [0.3, 0.4) is 0 Å². The number of allylic oxidation sites excluding steroid dienone is 1. The molecule has 0 bridgehead atoms. The highest BCUT2D eigenvalue weighted by Gasteiger charge is 1.97. The van der Waals surface area contributed by atoms with Crippen LogP contribution in [0.15, 0.2) is 12.2 Å². The summed E-state index contributed by atoms with van der Waals surface area (Å²) in [4.78, 5) is 32.0. The van der Waals surface area contributed by atoms with Gasteiger partial charge in [0.15, 0.2) is 0 Å². The van der Waals surface area contributed by atoms with E-state index < -0.39 is 12.0 Å². The Labute approximate surface area is 107 Å². The largest absolute Gasteiger partial charge is 0.481 e. The molecule has 0 heterocycles. The summed E-state index contributed by atoms with van der Waals surface area (Å²) < 4.78 is 0. The minimum atomic E-state index is -0.799. The van der Waals surface area contributed by atoms with Crippen LogP contribution in [0.2, 0.25) is 0 Å². The number of likely N-dealkylation sites (N-methyl/N-ethyl adjacent to an activating group) is 1. The van der Waals surface area contributed by atoms with Crippen molar-refractivity contribution >= 4 is 17.9 Å². The predicted octanol–water partition coefficient (Wildman–Crippen LogP) is 0.170. The Hall–Kier alpha value is -2.05. The number of amides is 3. The molecule has 7 heteroatoms. The number of unbranched alkanes of at least 4 members (excludes halogenated alkanes) is 1. The lowest BCUT2D eigenvalue weighted by atomic mass is 10.2. The Morgan fingerprint density at radius 1 is 1.33 bits per heavy atom. The highest BCUT2D eigenvalue weighted by atomic mass is 16.4. The molecule has 0 radical (unpaired) electrons. The fourth-order valence-electron chi connectivity index (χ4n) is 0.704. The molecule has 0 aromatic heterocycles. The third-order valence-corrected chi connectivity index (χ3v) is 1.71. The molecule has 104 valence electrons. The first-order valence-corrected chi connectivity index (χ1v) is 5.38. The van der Waals surface area contributed by atoms with E-state index in [1.54, 1.807) is 20.2 Å². The van der Waals surface area contributed by atoms with Gasteiger partial charge in [-0.05, 0) is 18.9 Å². The maximum Gasteiger partial charge on any atom is 0.311 e. The highest BCUT2D eigenvalue weighted by molar-refractivity contribution is 5.87. The lowest BCUT2D eigenvalue weighted by molar-refractivity contribution is -0.137. The third kappa shape index (κ3) is 16.4. The number of rotatable bonds is 5. The number of nitrogens with two attached hydrogens (primary N) is 1. The molecule has 0 spiro atoms. The average molecular weight is 259 g/mol. The van der Waals surface area contributed by atoms with E-state index in [2.05, 4.69) is 11.1 Å². The Kier molecular flexibility index (Phi) is 11.6. The second-order valence-electron chi connectivity index (χ2n) is 3.54. The quantitative estimate of drug-likeness (QED) is 0.482. The minimum absolute atomic E-state index is 0.0738. The van der Waals surface area contributed by atoms with Gasteiger partial charge in [0.1, 0.15) is 0 Å². The number of carbonyl (C=O) groups excluding carboxylic acids is 2. The second kappa shape index (κ2) is 11.4. The van der Waals surface area contributed by atoms with Crippen LogP contribution in [0.1, 0.15) is 19.3 Å². The zero-order valence-corrected chi connectivity index (χ0v) is 11.0. The number of carboxylic acid groups (broad SMARTS) is 1. The van der Waals surface area contributed by atoms with Crippen LogP contribution in [0.25, 0.3) is 0 Å². The summed E-state index contributed by atoms with van der Waals surface area (Å²) in [6.45, 7) is 0. The van der Waals surface area contributed by atoms with Crippen molar-refractivity contribution in [2.75, 3.05) is 21.1 Å². The lowest BCUT2D eigenvalue weighted by Gasteiger charge is -2.04. The lowest BCUT2D eigenvalue weighted by Crippen LogP contribution is -2.24. The monoisotopic (exact) mass is 259 g/mol. The fourth-order valence-corrected chi connectivity index (χ4v) is 0.704. The Bertz CT molecular complexity index is 301. The zero-order valence-electron chi connectivity index (χ0n) is 11.0. The number of carbonyl (C=O) groups is 3. The van der Waals surface area contributed by atoms with Crippen LogP contribution < -0.4 is 11.1 Å². The summed E-state index contributed by atoms with van der Waals surface area (Å²) in [5, 5.41) is 10.5. The van der Waals surface area contributed by atoms with Gasteiger partial charge in [0.25, 0.3) is 0 Å². The standard InChI is InChI=1S/C9H15NO3.C2H6N2O/c1-10(2)8(11)6-4-3-5-7-9(12)13;1-4-2(3)5/h4,6H,3,5,7H2,1-2H3,(H,12,13);1H3,(H3,3,4,5)/b6-4+;. The van der Waals surface area contributed by atoms with Gasteiger partial charge in [0.05, 0.1) is 0 Å². The summed E-state index contributed by atoms with van der Waals surface area (Å²) >= 11 is 0. The highest BCUT2D eigenvalue weighted by Crippen LogP contribution is 1.96. The molecule has 3 amide bonds. The number of carboxylic acids is 1. The average Bonchev–Trinajstić information content (AvgIpc) is 2.28. The molecular formula is C11H21N3O4. The fraction of sp³-hybridized carbons (Fsp3) is 0.545. The molecule has 0 saturated carbocycles. The molecule has 4 N–H and O–H groups in total. The van der Waals surface area contributed by atoms with Crippen LogP contribution in [-0.2, 0) is 9.59 Å². The first-order chi connectivity index (χ1) is 8.31. The van der Waals surface area contributed by atoms with E-state index in [-0.39, 0.29) is 12.3 Å². The Morgan fingerprint density at radius 2 is 1.83 bits per heavy atom. The maximum absolute atomic E-state index is 11.0. The number of urea groups is 1. The van der Waals surface area contributed by atoms with Crippen molar-refractivity contribution in [2.24, 2.45) is 5.73 Å². The Morgan fingerprint density at radius 3 is 2.17 bits per heavy atom. The molecule has 18 heavy (non-hydrogen) atoms. The zero-order chi connectivity index (χ0) is 14.6. The normalized spacial score (nSPS) is 9.28. The third-order valence-electron chi connectivity index (χ3n) is 1.71. The topological polar surface area (TPSA) is 113 Å². The van der Waals surface area contributed by atoms with Gasteiger partial charge in [0, 0.05) is 27.6 Å². The number of aliphatic carboxylic acids is 1. The van der Waals surface area contributed by atoms with Gasteiger partial charge in [-0.25, -0.2) is 4.79 Å². The van der Waals surface area contributed by atoms with E-state index in [0.717, 1.165) is 0 Å². The molecule has 0 aliphatic heterocycles. The summed E-state index contributed by atoms with van der Waals surface area (Å²) in [7, 11) is 4.82. The van der Waals surface area contributed by atoms with Gasteiger partial charge in [-0.15, -0.1) is 0 Å². The first-order valence-electron chi connectivity index (χ1n) is 5.38. The van der Waals surface area contributed by atoms with Gasteiger partial charge in [-0.2, -0.15) is 0 Å². The van der Waals surface area contributed by atoms with E-state index in [4.69, 9.17) is 5.11 Å². The Balaban J connectivity index is 0. The second-order valence-corrected chi connectivity index (χ2v) is 3.54. The van der Waals surface area contributed by atoms with E-state index in [1.807, 2.05) is 0 Å². The summed E-state index contributed by atoms with van der Waals surface area (Å²) in [6.07, 6.45) is 4.52. The molecule has 0 aliphatic rings. The minimum Gasteiger partial charge on any atom is -0.481 e.